The Morgan fingerprint density at radius 2 is 2.00 bits per heavy atom. The molecule has 1 unspecified atom stereocenters. The Morgan fingerprint density at radius 3 is 2.68 bits per heavy atom. The minimum Gasteiger partial charge on any atom is -0.491 e. The summed E-state index contributed by atoms with van der Waals surface area (Å²) < 4.78 is 6.08. The van der Waals surface area contributed by atoms with Crippen LogP contribution in [0.2, 0.25) is 5.02 Å². The number of halogens is 1. The monoisotopic (exact) mass is 400 g/mol. The molecular formula is C22H25ClN2O3. The third kappa shape index (κ3) is 5.04. The fourth-order valence-corrected chi connectivity index (χ4v) is 3.55. The molecule has 0 saturated carbocycles. The minimum atomic E-state index is -0.777. The zero-order valence-corrected chi connectivity index (χ0v) is 16.9. The first-order chi connectivity index (χ1) is 13.5. The summed E-state index contributed by atoms with van der Waals surface area (Å²) in [5, 5.41) is 16.2. The Morgan fingerprint density at radius 1 is 1.25 bits per heavy atom. The smallest absolute Gasteiger partial charge is 0.303 e. The third-order valence-electron chi connectivity index (χ3n) is 4.86. The molecule has 3 rings (SSSR count). The standard InChI is InChI=1S/C22H25ClN2O3/c1-3-16-13-21(10-4-17(16)5-11-22(26)27)28-14-20-12-15(2)24-25(20)19-8-6-18(23)7-9-19/h4,6-10,13,20H,3,5,11-12,14H2,1-2H3,(H,26,27). The van der Waals surface area contributed by atoms with E-state index < -0.39 is 5.97 Å². The molecule has 0 saturated heterocycles. The summed E-state index contributed by atoms with van der Waals surface area (Å²) in [4.78, 5) is 10.8. The van der Waals surface area contributed by atoms with Gasteiger partial charge in [0, 0.05) is 23.6 Å². The van der Waals surface area contributed by atoms with Crippen LogP contribution in [-0.2, 0) is 17.6 Å². The second kappa shape index (κ2) is 9.11. The Labute approximate surface area is 170 Å². The first-order valence-electron chi connectivity index (χ1n) is 9.51. The van der Waals surface area contributed by atoms with E-state index in [1.165, 1.54) is 0 Å². The van der Waals surface area contributed by atoms with Gasteiger partial charge < -0.3 is 9.84 Å². The van der Waals surface area contributed by atoms with E-state index >= 15 is 0 Å². The number of hydrazone groups is 1. The maximum Gasteiger partial charge on any atom is 0.303 e. The van der Waals surface area contributed by atoms with Crippen molar-refractivity contribution in [2.75, 3.05) is 11.6 Å². The summed E-state index contributed by atoms with van der Waals surface area (Å²) in [5.74, 6) is 0.0257. The van der Waals surface area contributed by atoms with Crippen LogP contribution in [0.15, 0.2) is 47.6 Å². The molecule has 0 fully saturated rings. The normalized spacial score (nSPS) is 16.2. The molecule has 0 amide bonds. The predicted molar refractivity (Wildman–Crippen MR) is 113 cm³/mol. The lowest BCUT2D eigenvalue weighted by atomic mass is 10.0. The SMILES string of the molecule is CCc1cc(OCC2CC(C)=NN2c2ccc(Cl)cc2)ccc1CCC(=O)O. The number of hydrogen-bond donors (Lipinski definition) is 1. The van der Waals surface area contributed by atoms with Gasteiger partial charge in [0.2, 0.25) is 0 Å². The van der Waals surface area contributed by atoms with Gasteiger partial charge in [-0.05, 0) is 67.3 Å². The molecule has 1 N–H and O–H groups in total. The first kappa shape index (κ1) is 20.2. The summed E-state index contributed by atoms with van der Waals surface area (Å²) in [6.07, 6.45) is 2.37. The molecule has 148 valence electrons. The van der Waals surface area contributed by atoms with Gasteiger partial charge in [-0.15, -0.1) is 0 Å². The first-order valence-corrected chi connectivity index (χ1v) is 9.89. The lowest BCUT2D eigenvalue weighted by Gasteiger charge is -2.24. The number of hydrogen-bond acceptors (Lipinski definition) is 4. The van der Waals surface area contributed by atoms with Gasteiger partial charge in [-0.25, -0.2) is 0 Å². The number of rotatable bonds is 8. The largest absolute Gasteiger partial charge is 0.491 e. The molecule has 2 aromatic rings. The van der Waals surface area contributed by atoms with Gasteiger partial charge in [0.15, 0.2) is 0 Å². The fraction of sp³-hybridized carbons (Fsp3) is 0.364. The van der Waals surface area contributed by atoms with E-state index in [-0.39, 0.29) is 12.5 Å². The molecule has 0 bridgehead atoms. The molecule has 1 atom stereocenters. The van der Waals surface area contributed by atoms with Gasteiger partial charge >= 0.3 is 5.97 Å². The Bertz CT molecular complexity index is 865. The third-order valence-corrected chi connectivity index (χ3v) is 5.11. The Kier molecular flexibility index (Phi) is 6.57. The van der Waals surface area contributed by atoms with Crippen molar-refractivity contribution in [3.63, 3.8) is 0 Å². The van der Waals surface area contributed by atoms with Crippen molar-refractivity contribution in [1.82, 2.24) is 0 Å². The minimum absolute atomic E-state index is 0.123. The molecule has 1 aliphatic heterocycles. The number of carboxylic acid groups (broad SMARTS) is 1. The van der Waals surface area contributed by atoms with Crippen molar-refractivity contribution in [1.29, 1.82) is 0 Å². The van der Waals surface area contributed by atoms with E-state index in [4.69, 9.17) is 21.4 Å². The zero-order valence-electron chi connectivity index (χ0n) is 16.2. The second-order valence-electron chi connectivity index (χ2n) is 7.00. The highest BCUT2D eigenvalue weighted by Crippen LogP contribution is 2.27. The number of aliphatic carboxylic acids is 1. The van der Waals surface area contributed by atoms with Crippen molar-refractivity contribution in [2.24, 2.45) is 5.10 Å². The quantitative estimate of drug-likeness (QED) is 0.680. The molecule has 2 aromatic carbocycles. The van der Waals surface area contributed by atoms with Crippen molar-refractivity contribution < 1.29 is 14.6 Å². The van der Waals surface area contributed by atoms with E-state index in [0.29, 0.717) is 18.1 Å². The molecular weight excluding hydrogens is 376 g/mol. The van der Waals surface area contributed by atoms with E-state index in [1.807, 2.05) is 54.4 Å². The molecule has 0 radical (unpaired) electrons. The summed E-state index contributed by atoms with van der Waals surface area (Å²) >= 11 is 5.99. The number of aryl methyl sites for hydroxylation is 2. The van der Waals surface area contributed by atoms with E-state index in [2.05, 4.69) is 12.0 Å². The van der Waals surface area contributed by atoms with Gasteiger partial charge in [0.1, 0.15) is 12.4 Å². The van der Waals surface area contributed by atoms with E-state index in [0.717, 1.165) is 41.1 Å². The van der Waals surface area contributed by atoms with Crippen LogP contribution < -0.4 is 9.75 Å². The van der Waals surface area contributed by atoms with Crippen LogP contribution in [0.3, 0.4) is 0 Å². The van der Waals surface area contributed by atoms with Crippen LogP contribution in [-0.4, -0.2) is 29.4 Å². The van der Waals surface area contributed by atoms with Crippen molar-refractivity contribution in [3.05, 3.63) is 58.6 Å². The average molecular weight is 401 g/mol. The summed E-state index contributed by atoms with van der Waals surface area (Å²) in [7, 11) is 0. The molecule has 5 nitrogen and oxygen atoms in total. The van der Waals surface area contributed by atoms with Gasteiger partial charge in [-0.3, -0.25) is 9.80 Å². The number of carboxylic acids is 1. The van der Waals surface area contributed by atoms with Gasteiger partial charge in [0.05, 0.1) is 11.7 Å². The molecule has 0 spiro atoms. The highest BCUT2D eigenvalue weighted by molar-refractivity contribution is 6.30. The molecule has 0 aliphatic carbocycles. The van der Waals surface area contributed by atoms with Crippen molar-refractivity contribution in [2.45, 2.75) is 45.6 Å². The predicted octanol–water partition coefficient (Wildman–Crippen LogP) is 4.95. The number of nitrogens with zero attached hydrogens (tertiary/aromatic N) is 2. The maximum absolute atomic E-state index is 10.8. The molecule has 6 heteroatoms. The summed E-state index contributed by atoms with van der Waals surface area (Å²) in [5.41, 5.74) is 4.27. The maximum atomic E-state index is 10.8. The zero-order chi connectivity index (χ0) is 20.1. The Hall–Kier alpha value is -2.53. The van der Waals surface area contributed by atoms with Crippen molar-refractivity contribution >= 4 is 29.0 Å². The highest BCUT2D eigenvalue weighted by atomic mass is 35.5. The van der Waals surface area contributed by atoms with E-state index in [9.17, 15) is 4.79 Å². The topological polar surface area (TPSA) is 62.1 Å². The number of carbonyl (C=O) groups is 1. The summed E-state index contributed by atoms with van der Waals surface area (Å²) in [6, 6.07) is 13.7. The van der Waals surface area contributed by atoms with Gasteiger partial charge in [0.25, 0.3) is 0 Å². The Balaban J connectivity index is 1.67. The van der Waals surface area contributed by atoms with Crippen LogP contribution in [0.4, 0.5) is 5.69 Å². The average Bonchev–Trinajstić information content (AvgIpc) is 3.06. The second-order valence-corrected chi connectivity index (χ2v) is 7.44. The summed E-state index contributed by atoms with van der Waals surface area (Å²) in [6.45, 7) is 4.61. The number of ether oxygens (including phenoxy) is 1. The van der Waals surface area contributed by atoms with Crippen LogP contribution >= 0.6 is 11.6 Å². The highest BCUT2D eigenvalue weighted by Gasteiger charge is 2.26. The lowest BCUT2D eigenvalue weighted by molar-refractivity contribution is -0.136. The van der Waals surface area contributed by atoms with Crippen LogP contribution in [0.25, 0.3) is 0 Å². The van der Waals surface area contributed by atoms with Crippen LogP contribution in [0, 0.1) is 0 Å². The van der Waals surface area contributed by atoms with Gasteiger partial charge in [-0.2, -0.15) is 5.10 Å². The molecule has 28 heavy (non-hydrogen) atoms. The fourth-order valence-electron chi connectivity index (χ4n) is 3.42. The van der Waals surface area contributed by atoms with Crippen LogP contribution in [0.5, 0.6) is 5.75 Å². The van der Waals surface area contributed by atoms with Gasteiger partial charge in [-0.1, -0.05) is 24.6 Å². The number of benzene rings is 2. The molecule has 1 heterocycles. The van der Waals surface area contributed by atoms with Crippen LogP contribution in [0.1, 0.15) is 37.8 Å². The van der Waals surface area contributed by atoms with Crippen molar-refractivity contribution in [3.8, 4) is 5.75 Å². The lowest BCUT2D eigenvalue weighted by Crippen LogP contribution is -2.32. The molecule has 0 aromatic heterocycles. The van der Waals surface area contributed by atoms with E-state index in [1.54, 1.807) is 0 Å². The number of anilines is 1. The molecule has 1 aliphatic rings.